The number of hydrogen-bond donors (Lipinski definition) is 0. The van der Waals surface area contributed by atoms with Gasteiger partial charge in [0.25, 0.3) is 0 Å². The van der Waals surface area contributed by atoms with Gasteiger partial charge in [-0.1, -0.05) is 13.8 Å². The average Bonchev–Trinajstić information content (AvgIpc) is 1.97. The Labute approximate surface area is 67.9 Å². The highest BCUT2D eigenvalue weighted by molar-refractivity contribution is 4.82. The number of rotatable bonds is 1. The van der Waals surface area contributed by atoms with Crippen molar-refractivity contribution in [2.45, 2.75) is 39.0 Å². The first-order valence-corrected chi connectivity index (χ1v) is 4.32. The number of alkyl halides is 1. The third-order valence-electron chi connectivity index (χ3n) is 2.88. The third kappa shape index (κ3) is 1.92. The highest BCUT2D eigenvalue weighted by atomic mass is 19.1. The maximum absolute atomic E-state index is 13.1. The molecule has 1 aliphatic carbocycles. The minimum absolute atomic E-state index is 0.152. The molecule has 4 atom stereocenters. The molecule has 0 unspecified atom stereocenters. The van der Waals surface area contributed by atoms with Crippen LogP contribution in [0.4, 0.5) is 4.39 Å². The van der Waals surface area contributed by atoms with Gasteiger partial charge in [0.1, 0.15) is 6.17 Å². The minimum atomic E-state index is -0.744. The van der Waals surface area contributed by atoms with Gasteiger partial charge in [0.15, 0.2) is 0 Å². The zero-order chi connectivity index (χ0) is 8.43. The van der Waals surface area contributed by atoms with Gasteiger partial charge >= 0.3 is 0 Å². The maximum Gasteiger partial charge on any atom is 0.126 e. The third-order valence-corrected chi connectivity index (χ3v) is 2.88. The second-order valence-corrected chi connectivity index (χ2v) is 3.72. The van der Waals surface area contributed by atoms with Crippen LogP contribution in [0.1, 0.15) is 26.7 Å². The fraction of sp³-hybridized carbons (Fsp3) is 1.00. The lowest BCUT2D eigenvalue weighted by molar-refractivity contribution is -0.0256. The summed E-state index contributed by atoms with van der Waals surface area (Å²) in [5, 5.41) is 0. The van der Waals surface area contributed by atoms with E-state index in [4.69, 9.17) is 4.74 Å². The van der Waals surface area contributed by atoms with Gasteiger partial charge in [-0.3, -0.25) is 0 Å². The van der Waals surface area contributed by atoms with Crippen molar-refractivity contribution in [1.29, 1.82) is 0 Å². The van der Waals surface area contributed by atoms with E-state index in [0.717, 1.165) is 6.42 Å². The zero-order valence-electron chi connectivity index (χ0n) is 7.51. The Balaban J connectivity index is 2.48. The molecule has 2 heteroatoms. The summed E-state index contributed by atoms with van der Waals surface area (Å²) >= 11 is 0. The summed E-state index contributed by atoms with van der Waals surface area (Å²) in [6.07, 6.45) is 0.644. The van der Waals surface area contributed by atoms with Crippen LogP contribution in [0.2, 0.25) is 0 Å². The molecule has 0 bridgehead atoms. The van der Waals surface area contributed by atoms with Crippen molar-refractivity contribution in [3.63, 3.8) is 0 Å². The Morgan fingerprint density at radius 1 is 1.18 bits per heavy atom. The van der Waals surface area contributed by atoms with Crippen molar-refractivity contribution in [2.75, 3.05) is 7.11 Å². The monoisotopic (exact) mass is 160 g/mol. The molecule has 1 rings (SSSR count). The number of hydrogen-bond acceptors (Lipinski definition) is 1. The lowest BCUT2D eigenvalue weighted by Gasteiger charge is -2.33. The van der Waals surface area contributed by atoms with Crippen LogP contribution in [-0.4, -0.2) is 19.4 Å². The molecule has 1 fully saturated rings. The molecule has 0 amide bonds. The number of ether oxygens (including phenoxy) is 1. The molecule has 66 valence electrons. The van der Waals surface area contributed by atoms with E-state index in [2.05, 4.69) is 13.8 Å². The Morgan fingerprint density at radius 3 is 2.27 bits per heavy atom. The molecular weight excluding hydrogens is 143 g/mol. The average molecular weight is 160 g/mol. The van der Waals surface area contributed by atoms with Crippen LogP contribution in [0.15, 0.2) is 0 Å². The van der Waals surface area contributed by atoms with Crippen LogP contribution in [0.5, 0.6) is 0 Å². The van der Waals surface area contributed by atoms with Crippen LogP contribution < -0.4 is 0 Å². The molecule has 11 heavy (non-hydrogen) atoms. The first-order chi connectivity index (χ1) is 5.15. The molecule has 0 heterocycles. The van der Waals surface area contributed by atoms with Crippen LogP contribution in [-0.2, 0) is 4.74 Å². The zero-order valence-corrected chi connectivity index (χ0v) is 7.51. The standard InChI is InChI=1S/C9H17FO/c1-6-4-8(10)9(11-3)5-7(6)2/h6-9H,4-5H2,1-3H3/t6-,7-,8+,9-/m1/s1. The van der Waals surface area contributed by atoms with Crippen LogP contribution in [0.25, 0.3) is 0 Å². The van der Waals surface area contributed by atoms with Gasteiger partial charge < -0.3 is 4.74 Å². The highest BCUT2D eigenvalue weighted by Crippen LogP contribution is 2.32. The van der Waals surface area contributed by atoms with Crippen molar-refractivity contribution in [2.24, 2.45) is 11.8 Å². The summed E-state index contributed by atoms with van der Waals surface area (Å²) < 4.78 is 18.2. The summed E-state index contributed by atoms with van der Waals surface area (Å²) in [5.41, 5.74) is 0. The molecule has 1 nitrogen and oxygen atoms in total. The number of methoxy groups -OCH3 is 1. The quantitative estimate of drug-likeness (QED) is 0.572. The van der Waals surface area contributed by atoms with Crippen LogP contribution >= 0.6 is 0 Å². The van der Waals surface area contributed by atoms with Crippen molar-refractivity contribution in [3.8, 4) is 0 Å². The Kier molecular flexibility index (Phi) is 2.88. The first-order valence-electron chi connectivity index (χ1n) is 4.32. The summed E-state index contributed by atoms with van der Waals surface area (Å²) in [7, 11) is 1.60. The molecule has 0 aromatic rings. The molecule has 0 aromatic heterocycles. The summed E-state index contributed by atoms with van der Waals surface area (Å²) in [4.78, 5) is 0. The van der Waals surface area contributed by atoms with Crippen molar-refractivity contribution >= 4 is 0 Å². The summed E-state index contributed by atoms with van der Waals surface area (Å²) in [6.45, 7) is 4.28. The molecule has 0 radical (unpaired) electrons. The van der Waals surface area contributed by atoms with E-state index in [1.807, 2.05) is 0 Å². The fourth-order valence-electron chi connectivity index (χ4n) is 1.73. The van der Waals surface area contributed by atoms with Crippen molar-refractivity contribution in [3.05, 3.63) is 0 Å². The smallest absolute Gasteiger partial charge is 0.126 e. The molecule has 0 spiro atoms. The van der Waals surface area contributed by atoms with Crippen LogP contribution in [0.3, 0.4) is 0 Å². The summed E-state index contributed by atoms with van der Waals surface area (Å²) in [6, 6.07) is 0. The maximum atomic E-state index is 13.1. The van der Waals surface area contributed by atoms with E-state index in [1.165, 1.54) is 0 Å². The Hall–Kier alpha value is -0.110. The lowest BCUT2D eigenvalue weighted by Crippen LogP contribution is -2.35. The van der Waals surface area contributed by atoms with Gasteiger partial charge in [-0.05, 0) is 24.7 Å². The largest absolute Gasteiger partial charge is 0.378 e. The van der Waals surface area contributed by atoms with E-state index in [0.29, 0.717) is 18.3 Å². The van der Waals surface area contributed by atoms with Gasteiger partial charge in [0.05, 0.1) is 6.10 Å². The molecule has 1 aliphatic rings. The lowest BCUT2D eigenvalue weighted by atomic mass is 9.79. The second kappa shape index (κ2) is 3.53. The van der Waals surface area contributed by atoms with Crippen LogP contribution in [0, 0.1) is 11.8 Å². The fourth-order valence-corrected chi connectivity index (χ4v) is 1.73. The molecule has 0 N–H and O–H groups in total. The normalized spacial score (nSPS) is 45.8. The molecule has 0 aliphatic heterocycles. The van der Waals surface area contributed by atoms with Crippen molar-refractivity contribution < 1.29 is 9.13 Å². The minimum Gasteiger partial charge on any atom is -0.378 e. The molecule has 0 saturated heterocycles. The van der Waals surface area contributed by atoms with E-state index in [9.17, 15) is 4.39 Å². The van der Waals surface area contributed by atoms with E-state index in [1.54, 1.807) is 7.11 Å². The predicted octanol–water partition coefficient (Wildman–Crippen LogP) is 2.41. The van der Waals surface area contributed by atoms with Gasteiger partial charge in [-0.15, -0.1) is 0 Å². The van der Waals surface area contributed by atoms with Gasteiger partial charge in [0.2, 0.25) is 0 Å². The van der Waals surface area contributed by atoms with Gasteiger partial charge in [0, 0.05) is 7.11 Å². The van der Waals surface area contributed by atoms with E-state index in [-0.39, 0.29) is 6.10 Å². The SMILES string of the molecule is CO[C@@H]1C[C@@H](C)[C@H](C)C[C@@H]1F. The van der Waals surface area contributed by atoms with Crippen molar-refractivity contribution in [1.82, 2.24) is 0 Å². The van der Waals surface area contributed by atoms with E-state index < -0.39 is 6.17 Å². The van der Waals surface area contributed by atoms with Gasteiger partial charge in [-0.25, -0.2) is 4.39 Å². The Morgan fingerprint density at radius 2 is 1.73 bits per heavy atom. The molecule has 0 aromatic carbocycles. The first kappa shape index (κ1) is 8.98. The van der Waals surface area contributed by atoms with Gasteiger partial charge in [-0.2, -0.15) is 0 Å². The second-order valence-electron chi connectivity index (χ2n) is 3.72. The molecular formula is C9H17FO. The number of halogens is 1. The topological polar surface area (TPSA) is 9.23 Å². The summed E-state index contributed by atoms with van der Waals surface area (Å²) in [5.74, 6) is 1.11. The van der Waals surface area contributed by atoms with E-state index >= 15 is 0 Å². The molecule has 1 saturated carbocycles. The predicted molar refractivity (Wildman–Crippen MR) is 43.3 cm³/mol. The highest BCUT2D eigenvalue weighted by Gasteiger charge is 2.32. The Bertz CT molecular complexity index is 127.